The number of rotatable bonds is 10. The Morgan fingerprint density at radius 1 is 1.07 bits per heavy atom. The van der Waals surface area contributed by atoms with Gasteiger partial charge in [0.2, 0.25) is 5.91 Å². The van der Waals surface area contributed by atoms with Crippen LogP contribution in [0.4, 0.5) is 13.6 Å². The molecule has 1 saturated heterocycles. The number of amides is 3. The highest BCUT2D eigenvalue weighted by molar-refractivity contribution is 6.02. The molecular formula is C19H23F2N3O6. The fourth-order valence-electron chi connectivity index (χ4n) is 3.16. The highest BCUT2D eigenvalue weighted by Crippen LogP contribution is 2.17. The van der Waals surface area contributed by atoms with Crippen molar-refractivity contribution in [1.82, 2.24) is 15.1 Å². The van der Waals surface area contributed by atoms with Crippen LogP contribution in [0.5, 0.6) is 0 Å². The lowest BCUT2D eigenvalue weighted by molar-refractivity contribution is -0.143. The van der Waals surface area contributed by atoms with Gasteiger partial charge in [-0.2, -0.15) is 0 Å². The number of halogens is 2. The Hall–Kier alpha value is -3.08. The summed E-state index contributed by atoms with van der Waals surface area (Å²) in [5, 5.41) is 21.2. The summed E-state index contributed by atoms with van der Waals surface area (Å²) in [6.45, 7) is 2.33. The first-order valence-corrected chi connectivity index (χ1v) is 9.23. The molecule has 11 heteroatoms. The van der Waals surface area contributed by atoms with Crippen LogP contribution in [-0.4, -0.2) is 69.1 Å². The first kappa shape index (κ1) is 23.2. The third-order valence-electron chi connectivity index (χ3n) is 4.50. The number of urea groups is 1. The number of hydrogen-bond donors (Lipinski definition) is 3. The van der Waals surface area contributed by atoms with E-state index in [2.05, 4.69) is 5.32 Å². The van der Waals surface area contributed by atoms with E-state index in [0.29, 0.717) is 11.0 Å². The van der Waals surface area contributed by atoms with Crippen LogP contribution in [0, 0.1) is 17.6 Å². The molecule has 2 atom stereocenters. The smallest absolute Gasteiger partial charge is 0.327 e. The fourth-order valence-corrected chi connectivity index (χ4v) is 3.16. The number of carboxylic acids is 2. The van der Waals surface area contributed by atoms with Crippen LogP contribution in [0.25, 0.3) is 0 Å². The molecule has 1 fully saturated rings. The van der Waals surface area contributed by atoms with Crippen molar-refractivity contribution in [3.63, 3.8) is 0 Å². The summed E-state index contributed by atoms with van der Waals surface area (Å²) in [5.74, 6) is -5.06. The van der Waals surface area contributed by atoms with Crippen molar-refractivity contribution in [3.8, 4) is 0 Å². The number of hydrogen-bond acceptors (Lipinski definition) is 5. The van der Waals surface area contributed by atoms with Crippen LogP contribution >= 0.6 is 0 Å². The van der Waals surface area contributed by atoms with Gasteiger partial charge in [-0.15, -0.1) is 0 Å². The highest BCUT2D eigenvalue weighted by Gasteiger charge is 2.39. The SMILES string of the molecule is CC(C)CC(NC(CN1C(=O)CN(Cc2cc(F)cc(F)c2)C1=O)C(=O)O)C(=O)O. The molecule has 1 aliphatic rings. The molecule has 0 saturated carbocycles. The van der Waals surface area contributed by atoms with Gasteiger partial charge in [0.05, 0.1) is 6.54 Å². The number of carbonyl (C=O) groups is 4. The molecule has 9 nitrogen and oxygen atoms in total. The average molecular weight is 427 g/mol. The Kier molecular flexibility index (Phi) is 7.43. The number of nitrogens with one attached hydrogen (secondary N) is 1. The maximum atomic E-state index is 13.3. The van der Waals surface area contributed by atoms with Crippen LogP contribution in [-0.2, 0) is 20.9 Å². The van der Waals surface area contributed by atoms with Gasteiger partial charge in [0.15, 0.2) is 0 Å². The van der Waals surface area contributed by atoms with E-state index < -0.39 is 60.7 Å². The molecule has 3 amide bonds. The number of aliphatic carboxylic acids is 2. The molecule has 30 heavy (non-hydrogen) atoms. The largest absolute Gasteiger partial charge is 0.480 e. The molecule has 0 bridgehead atoms. The Labute approximate surface area is 171 Å². The first-order valence-electron chi connectivity index (χ1n) is 9.23. The van der Waals surface area contributed by atoms with E-state index in [1.165, 1.54) is 0 Å². The van der Waals surface area contributed by atoms with Crippen molar-refractivity contribution in [2.75, 3.05) is 13.1 Å². The first-order chi connectivity index (χ1) is 14.0. The normalized spacial score (nSPS) is 16.3. The number of imide groups is 1. The van der Waals surface area contributed by atoms with Crippen LogP contribution < -0.4 is 5.32 Å². The van der Waals surface area contributed by atoms with Gasteiger partial charge in [-0.1, -0.05) is 13.8 Å². The van der Waals surface area contributed by atoms with E-state index >= 15 is 0 Å². The van der Waals surface area contributed by atoms with Crippen molar-refractivity contribution in [2.45, 2.75) is 38.9 Å². The number of carboxylic acid groups (broad SMARTS) is 2. The van der Waals surface area contributed by atoms with Crippen molar-refractivity contribution in [3.05, 3.63) is 35.4 Å². The van der Waals surface area contributed by atoms with Crippen LogP contribution in [0.15, 0.2) is 18.2 Å². The van der Waals surface area contributed by atoms with E-state index in [1.54, 1.807) is 13.8 Å². The molecule has 3 N–H and O–H groups in total. The molecule has 1 aromatic carbocycles. The quantitative estimate of drug-likeness (QED) is 0.480. The fraction of sp³-hybridized carbons (Fsp3) is 0.474. The minimum absolute atomic E-state index is 0.0368. The lowest BCUT2D eigenvalue weighted by atomic mass is 10.0. The number of carbonyl (C=O) groups excluding carboxylic acids is 2. The van der Waals surface area contributed by atoms with E-state index in [1.807, 2.05) is 0 Å². The molecule has 0 aromatic heterocycles. The zero-order valence-corrected chi connectivity index (χ0v) is 16.5. The number of benzene rings is 1. The Morgan fingerprint density at radius 2 is 1.63 bits per heavy atom. The topological polar surface area (TPSA) is 127 Å². The third-order valence-corrected chi connectivity index (χ3v) is 4.50. The second kappa shape index (κ2) is 9.61. The average Bonchev–Trinajstić information content (AvgIpc) is 2.86. The molecule has 1 aromatic rings. The Morgan fingerprint density at radius 3 is 2.13 bits per heavy atom. The predicted octanol–water partition coefficient (Wildman–Crippen LogP) is 1.27. The van der Waals surface area contributed by atoms with Gasteiger partial charge in [0, 0.05) is 12.6 Å². The van der Waals surface area contributed by atoms with Crippen LogP contribution in [0.1, 0.15) is 25.8 Å². The molecular weight excluding hydrogens is 404 g/mol. The lowest BCUT2D eigenvalue weighted by Gasteiger charge is -2.25. The Bertz CT molecular complexity index is 827. The summed E-state index contributed by atoms with van der Waals surface area (Å²) >= 11 is 0. The minimum Gasteiger partial charge on any atom is -0.480 e. The second-order valence-electron chi connectivity index (χ2n) is 7.50. The molecule has 0 spiro atoms. The van der Waals surface area contributed by atoms with Crippen molar-refractivity contribution in [2.24, 2.45) is 5.92 Å². The van der Waals surface area contributed by atoms with E-state index in [9.17, 15) is 38.2 Å². The van der Waals surface area contributed by atoms with Gasteiger partial charge in [-0.05, 0) is 30.0 Å². The third kappa shape index (κ3) is 5.96. The maximum Gasteiger partial charge on any atom is 0.327 e. The van der Waals surface area contributed by atoms with Gasteiger partial charge < -0.3 is 15.1 Å². The molecule has 0 radical (unpaired) electrons. The zero-order valence-electron chi connectivity index (χ0n) is 16.5. The van der Waals surface area contributed by atoms with E-state index in [0.717, 1.165) is 17.0 Å². The Balaban J connectivity index is 2.11. The van der Waals surface area contributed by atoms with Gasteiger partial charge in [0.25, 0.3) is 0 Å². The summed E-state index contributed by atoms with van der Waals surface area (Å²) in [7, 11) is 0. The standard InChI is InChI=1S/C19H23F2N3O6/c1-10(2)3-14(17(26)27)22-15(18(28)29)8-24-16(25)9-23(19(24)30)7-11-4-12(20)6-13(21)5-11/h4-6,10,14-15,22H,3,7-9H2,1-2H3,(H,26,27)(H,28,29). The summed E-state index contributed by atoms with van der Waals surface area (Å²) < 4.78 is 26.7. The van der Waals surface area contributed by atoms with Crippen molar-refractivity contribution < 1.29 is 38.2 Å². The van der Waals surface area contributed by atoms with Gasteiger partial charge in [-0.3, -0.25) is 24.6 Å². The molecule has 164 valence electrons. The van der Waals surface area contributed by atoms with Crippen molar-refractivity contribution in [1.29, 1.82) is 0 Å². The summed E-state index contributed by atoms with van der Waals surface area (Å²) in [6, 6.07) is -0.780. The van der Waals surface area contributed by atoms with E-state index in [-0.39, 0.29) is 24.4 Å². The van der Waals surface area contributed by atoms with Crippen LogP contribution in [0.2, 0.25) is 0 Å². The molecule has 2 rings (SSSR count). The summed E-state index contributed by atoms with van der Waals surface area (Å²) in [4.78, 5) is 49.5. The second-order valence-corrected chi connectivity index (χ2v) is 7.50. The maximum absolute atomic E-state index is 13.3. The lowest BCUT2D eigenvalue weighted by Crippen LogP contribution is -2.53. The van der Waals surface area contributed by atoms with E-state index in [4.69, 9.17) is 0 Å². The molecule has 1 aliphatic heterocycles. The predicted molar refractivity (Wildman–Crippen MR) is 99.3 cm³/mol. The molecule has 0 aliphatic carbocycles. The number of nitrogens with zero attached hydrogens (tertiary/aromatic N) is 2. The van der Waals surface area contributed by atoms with Gasteiger partial charge in [-0.25, -0.2) is 13.6 Å². The highest BCUT2D eigenvalue weighted by atomic mass is 19.1. The zero-order chi connectivity index (χ0) is 22.6. The summed E-state index contributed by atoms with van der Waals surface area (Å²) in [6.07, 6.45) is 0.151. The minimum atomic E-state index is -1.50. The van der Waals surface area contributed by atoms with Crippen molar-refractivity contribution >= 4 is 23.9 Å². The molecule has 1 heterocycles. The van der Waals surface area contributed by atoms with Gasteiger partial charge >= 0.3 is 18.0 Å². The van der Waals surface area contributed by atoms with Gasteiger partial charge in [0.1, 0.15) is 30.3 Å². The molecule has 2 unspecified atom stereocenters. The van der Waals surface area contributed by atoms with Crippen LogP contribution in [0.3, 0.4) is 0 Å². The summed E-state index contributed by atoms with van der Waals surface area (Å²) in [5.41, 5.74) is 0.131. The monoisotopic (exact) mass is 427 g/mol.